The van der Waals surface area contributed by atoms with Gasteiger partial charge in [-0.25, -0.2) is 4.98 Å². The maximum absolute atomic E-state index is 11.8. The standard InChI is InChI=1S/C9H9N7OS2/c1-4-11-8-12-5(2-6(17)16(8)15-4)3-18-9-14-13-7(10)19-9/h2H,3H2,1H3,(H2,10,13)(H,11,12,15). The van der Waals surface area contributed by atoms with Gasteiger partial charge in [0.25, 0.3) is 11.3 Å². The summed E-state index contributed by atoms with van der Waals surface area (Å²) in [4.78, 5) is 20.3. The van der Waals surface area contributed by atoms with E-state index in [1.165, 1.54) is 33.7 Å². The highest BCUT2D eigenvalue weighted by atomic mass is 32.2. The number of nitrogen functional groups attached to an aromatic ring is 1. The number of hydrogen-bond donors (Lipinski definition) is 2. The Kier molecular flexibility index (Phi) is 2.95. The van der Waals surface area contributed by atoms with Gasteiger partial charge in [0.05, 0.1) is 5.69 Å². The van der Waals surface area contributed by atoms with Crippen LogP contribution >= 0.6 is 23.1 Å². The van der Waals surface area contributed by atoms with Crippen molar-refractivity contribution in [3.05, 3.63) is 27.9 Å². The molecule has 10 heteroatoms. The van der Waals surface area contributed by atoms with Crippen molar-refractivity contribution in [2.45, 2.75) is 17.0 Å². The first-order chi connectivity index (χ1) is 9.11. The van der Waals surface area contributed by atoms with E-state index < -0.39 is 0 Å². The Morgan fingerprint density at radius 2 is 2.32 bits per heavy atom. The molecule has 0 aliphatic heterocycles. The number of anilines is 1. The summed E-state index contributed by atoms with van der Waals surface area (Å²) in [6, 6.07) is 1.47. The largest absolute Gasteiger partial charge is 0.374 e. The molecule has 0 saturated carbocycles. The van der Waals surface area contributed by atoms with Crippen molar-refractivity contribution in [1.29, 1.82) is 0 Å². The Hall–Kier alpha value is -1.94. The smallest absolute Gasteiger partial charge is 0.274 e. The molecule has 0 aliphatic rings. The molecule has 0 fully saturated rings. The summed E-state index contributed by atoms with van der Waals surface area (Å²) >= 11 is 2.74. The monoisotopic (exact) mass is 295 g/mol. The van der Waals surface area contributed by atoms with E-state index in [1.807, 2.05) is 0 Å². The summed E-state index contributed by atoms with van der Waals surface area (Å²) in [6.45, 7) is 1.77. The minimum Gasteiger partial charge on any atom is -0.374 e. The third-order valence-corrected chi connectivity index (χ3v) is 4.18. The van der Waals surface area contributed by atoms with Crippen molar-refractivity contribution in [2.24, 2.45) is 0 Å². The highest BCUT2D eigenvalue weighted by Gasteiger charge is 2.08. The molecule has 3 aromatic rings. The van der Waals surface area contributed by atoms with E-state index in [1.54, 1.807) is 6.92 Å². The molecule has 0 spiro atoms. The molecule has 0 atom stereocenters. The Morgan fingerprint density at radius 1 is 1.47 bits per heavy atom. The molecule has 3 rings (SSSR count). The summed E-state index contributed by atoms with van der Waals surface area (Å²) in [6.07, 6.45) is 0. The number of hydrogen-bond acceptors (Lipinski definition) is 8. The quantitative estimate of drug-likeness (QED) is 0.674. The van der Waals surface area contributed by atoms with Gasteiger partial charge in [0.15, 0.2) is 4.34 Å². The van der Waals surface area contributed by atoms with Crippen LogP contribution in [0.2, 0.25) is 0 Å². The van der Waals surface area contributed by atoms with Gasteiger partial charge in [-0.3, -0.25) is 9.89 Å². The summed E-state index contributed by atoms with van der Waals surface area (Å²) in [5.74, 6) is 1.54. The number of rotatable bonds is 3. The molecule has 8 nitrogen and oxygen atoms in total. The lowest BCUT2D eigenvalue weighted by Crippen LogP contribution is -2.15. The van der Waals surface area contributed by atoms with Crippen LogP contribution in [-0.2, 0) is 5.75 Å². The Bertz CT molecular complexity index is 789. The lowest BCUT2D eigenvalue weighted by atomic mass is 10.4. The summed E-state index contributed by atoms with van der Waals surface area (Å²) in [5.41, 5.74) is 5.96. The molecule has 0 amide bonds. The zero-order valence-electron chi connectivity index (χ0n) is 9.82. The first kappa shape index (κ1) is 12.1. The molecule has 0 bridgehead atoms. The van der Waals surface area contributed by atoms with Crippen molar-refractivity contribution < 1.29 is 0 Å². The summed E-state index contributed by atoms with van der Waals surface area (Å²) in [7, 11) is 0. The number of fused-ring (bicyclic) bond motifs is 1. The van der Waals surface area contributed by atoms with Crippen LogP contribution in [0.15, 0.2) is 15.2 Å². The van der Waals surface area contributed by atoms with E-state index in [4.69, 9.17) is 5.73 Å². The third-order valence-electron chi connectivity index (χ3n) is 2.26. The lowest BCUT2D eigenvalue weighted by Gasteiger charge is -1.97. The second-order valence-corrected chi connectivity index (χ2v) is 5.96. The van der Waals surface area contributed by atoms with Crippen LogP contribution in [0.25, 0.3) is 5.78 Å². The van der Waals surface area contributed by atoms with Gasteiger partial charge in [-0.1, -0.05) is 23.1 Å². The average molecular weight is 295 g/mol. The van der Waals surface area contributed by atoms with E-state index in [0.717, 1.165) is 4.34 Å². The first-order valence-electron chi connectivity index (χ1n) is 5.29. The van der Waals surface area contributed by atoms with Crippen molar-refractivity contribution in [3.8, 4) is 0 Å². The van der Waals surface area contributed by atoms with Gasteiger partial charge in [-0.15, -0.1) is 10.2 Å². The molecule has 3 heterocycles. The Labute approximate surface area is 115 Å². The molecule has 19 heavy (non-hydrogen) atoms. The summed E-state index contributed by atoms with van der Waals surface area (Å²) in [5, 5.41) is 10.9. The van der Waals surface area contributed by atoms with E-state index in [0.29, 0.717) is 28.2 Å². The molecular weight excluding hydrogens is 286 g/mol. The molecule has 0 saturated heterocycles. The molecule has 3 N–H and O–H groups in total. The van der Waals surface area contributed by atoms with Crippen molar-refractivity contribution >= 4 is 34.0 Å². The van der Waals surface area contributed by atoms with Crippen LogP contribution < -0.4 is 11.3 Å². The number of aromatic amines is 1. The minimum atomic E-state index is -0.182. The summed E-state index contributed by atoms with van der Waals surface area (Å²) < 4.78 is 2.06. The van der Waals surface area contributed by atoms with E-state index >= 15 is 0 Å². The van der Waals surface area contributed by atoms with Gasteiger partial charge in [-0.2, -0.15) is 9.50 Å². The maximum atomic E-state index is 11.8. The fraction of sp³-hybridized carbons (Fsp3) is 0.222. The van der Waals surface area contributed by atoms with E-state index in [2.05, 4.69) is 25.3 Å². The van der Waals surface area contributed by atoms with Gasteiger partial charge in [-0.05, 0) is 6.92 Å². The molecule has 0 unspecified atom stereocenters. The van der Waals surface area contributed by atoms with Crippen LogP contribution in [0.1, 0.15) is 11.5 Å². The maximum Gasteiger partial charge on any atom is 0.274 e. The lowest BCUT2D eigenvalue weighted by molar-refractivity contribution is 0.871. The van der Waals surface area contributed by atoms with Crippen LogP contribution in [0.5, 0.6) is 0 Å². The van der Waals surface area contributed by atoms with Crippen molar-refractivity contribution in [2.75, 3.05) is 5.73 Å². The molecule has 0 aliphatic carbocycles. The van der Waals surface area contributed by atoms with Gasteiger partial charge in [0.2, 0.25) is 5.13 Å². The highest BCUT2D eigenvalue weighted by Crippen LogP contribution is 2.25. The third kappa shape index (κ3) is 2.44. The predicted octanol–water partition coefficient (Wildman–Crippen LogP) is 0.452. The number of H-pyrrole nitrogens is 1. The number of nitrogens with one attached hydrogen (secondary N) is 1. The SMILES string of the molecule is Cc1nc2nc(CSc3nnc(N)s3)cc(=O)n2[nH]1. The second kappa shape index (κ2) is 4.63. The Morgan fingerprint density at radius 3 is 3.05 bits per heavy atom. The molecular formula is C9H9N7OS2. The topological polar surface area (TPSA) is 115 Å². The minimum absolute atomic E-state index is 0.182. The zero-order chi connectivity index (χ0) is 13.4. The first-order valence-corrected chi connectivity index (χ1v) is 7.09. The molecule has 0 radical (unpaired) electrons. The number of nitrogens with zero attached hydrogens (tertiary/aromatic N) is 5. The highest BCUT2D eigenvalue weighted by molar-refractivity contribution is 8.00. The number of thioether (sulfide) groups is 1. The Balaban J connectivity index is 1.87. The van der Waals surface area contributed by atoms with Crippen molar-refractivity contribution in [3.63, 3.8) is 0 Å². The van der Waals surface area contributed by atoms with Gasteiger partial charge in [0.1, 0.15) is 5.82 Å². The molecule has 3 aromatic heterocycles. The fourth-order valence-corrected chi connectivity index (χ4v) is 3.05. The number of nitrogens with two attached hydrogens (primary N) is 1. The van der Waals surface area contributed by atoms with Crippen LogP contribution in [-0.4, -0.2) is 29.8 Å². The van der Waals surface area contributed by atoms with Gasteiger partial charge >= 0.3 is 0 Å². The van der Waals surface area contributed by atoms with Gasteiger partial charge in [0, 0.05) is 11.8 Å². The zero-order valence-corrected chi connectivity index (χ0v) is 11.5. The van der Waals surface area contributed by atoms with Crippen LogP contribution in [0, 0.1) is 6.92 Å². The van der Waals surface area contributed by atoms with Gasteiger partial charge < -0.3 is 5.73 Å². The van der Waals surface area contributed by atoms with E-state index in [9.17, 15) is 4.79 Å². The van der Waals surface area contributed by atoms with Crippen LogP contribution in [0.4, 0.5) is 5.13 Å². The normalized spacial score (nSPS) is 11.2. The molecule has 98 valence electrons. The number of aromatic nitrogens is 6. The average Bonchev–Trinajstić information content (AvgIpc) is 2.92. The second-order valence-electron chi connectivity index (χ2n) is 3.73. The van der Waals surface area contributed by atoms with Crippen molar-refractivity contribution in [1.82, 2.24) is 29.8 Å². The van der Waals surface area contributed by atoms with Crippen LogP contribution in [0.3, 0.4) is 0 Å². The molecule has 0 aromatic carbocycles. The van der Waals surface area contributed by atoms with E-state index in [-0.39, 0.29) is 5.56 Å². The predicted molar refractivity (Wildman–Crippen MR) is 72.2 cm³/mol. The fourth-order valence-electron chi connectivity index (χ4n) is 1.52. The number of aryl methyl sites for hydroxylation is 1.